The van der Waals surface area contributed by atoms with Gasteiger partial charge >= 0.3 is 0 Å². The van der Waals surface area contributed by atoms with Gasteiger partial charge in [0.2, 0.25) is 21.8 Å². The molecule has 0 bridgehead atoms. The number of ether oxygens (including phenoxy) is 1. The molecular weight excluding hydrogens is 526 g/mol. The molecule has 0 heterocycles. The number of hydrogen-bond acceptors (Lipinski definition) is 5. The van der Waals surface area contributed by atoms with Crippen LogP contribution >= 0.6 is 11.6 Å². The molecule has 0 aliphatic rings. The number of rotatable bonds is 12. The Balaban J connectivity index is 2.06. The first kappa shape index (κ1) is 29.0. The average Bonchev–Trinajstić information content (AvgIpc) is 2.89. The van der Waals surface area contributed by atoms with Crippen molar-refractivity contribution in [3.8, 4) is 5.75 Å². The molecule has 0 spiro atoms. The van der Waals surface area contributed by atoms with Crippen molar-refractivity contribution in [3.05, 3.63) is 95.0 Å². The molecule has 38 heavy (non-hydrogen) atoms. The van der Waals surface area contributed by atoms with Gasteiger partial charge in [0.05, 0.1) is 19.1 Å². The van der Waals surface area contributed by atoms with Crippen LogP contribution in [-0.4, -0.2) is 57.6 Å². The van der Waals surface area contributed by atoms with Crippen molar-refractivity contribution in [2.75, 3.05) is 30.8 Å². The summed E-state index contributed by atoms with van der Waals surface area (Å²) in [5.41, 5.74) is 1.80. The minimum atomic E-state index is -3.94. The number of amides is 2. The van der Waals surface area contributed by atoms with Gasteiger partial charge in [-0.05, 0) is 36.2 Å². The molecule has 0 unspecified atom stereocenters. The van der Waals surface area contributed by atoms with Gasteiger partial charge in [0.15, 0.2) is 0 Å². The number of carbonyl (C=O) groups is 2. The summed E-state index contributed by atoms with van der Waals surface area (Å²) in [5, 5.41) is 3.11. The topological polar surface area (TPSA) is 96.0 Å². The van der Waals surface area contributed by atoms with Crippen LogP contribution in [0.5, 0.6) is 5.75 Å². The molecule has 0 aromatic heterocycles. The minimum Gasteiger partial charge on any atom is -0.495 e. The molecule has 3 aromatic carbocycles. The maximum Gasteiger partial charge on any atom is 0.244 e. The molecule has 3 aromatic rings. The second-order valence-electron chi connectivity index (χ2n) is 8.69. The van der Waals surface area contributed by atoms with Crippen LogP contribution in [0, 0.1) is 0 Å². The van der Waals surface area contributed by atoms with E-state index in [-0.39, 0.29) is 35.3 Å². The van der Waals surface area contributed by atoms with E-state index < -0.39 is 28.5 Å². The minimum absolute atomic E-state index is 0.110. The van der Waals surface area contributed by atoms with Crippen molar-refractivity contribution in [1.82, 2.24) is 10.2 Å². The lowest BCUT2D eigenvalue weighted by Crippen LogP contribution is -2.53. The molecule has 0 aliphatic heterocycles. The number of sulfonamides is 1. The lowest BCUT2D eigenvalue weighted by molar-refractivity contribution is -0.140. The molecule has 0 saturated heterocycles. The predicted molar refractivity (Wildman–Crippen MR) is 150 cm³/mol. The van der Waals surface area contributed by atoms with Crippen LogP contribution in [-0.2, 0) is 32.6 Å². The summed E-state index contributed by atoms with van der Waals surface area (Å²) in [6.07, 6.45) is 1.26. The average molecular weight is 558 g/mol. The van der Waals surface area contributed by atoms with E-state index in [0.717, 1.165) is 21.7 Å². The van der Waals surface area contributed by atoms with Crippen LogP contribution in [0.2, 0.25) is 5.02 Å². The number of carbonyl (C=O) groups excluding carboxylic acids is 2. The summed E-state index contributed by atoms with van der Waals surface area (Å²) in [5.74, 6) is -0.632. The van der Waals surface area contributed by atoms with E-state index in [0.29, 0.717) is 6.54 Å². The lowest BCUT2D eigenvalue weighted by atomic mass is 10.0. The number of nitrogens with one attached hydrogen (secondary N) is 1. The number of methoxy groups -OCH3 is 1. The molecular formula is C28H32ClN3O5S. The second kappa shape index (κ2) is 13.3. The predicted octanol–water partition coefficient (Wildman–Crippen LogP) is 3.89. The van der Waals surface area contributed by atoms with Crippen LogP contribution in [0.25, 0.3) is 0 Å². The molecule has 1 atom stereocenters. The molecule has 0 aliphatic carbocycles. The molecule has 2 amide bonds. The smallest absolute Gasteiger partial charge is 0.244 e. The fourth-order valence-corrected chi connectivity index (χ4v) is 5.09. The highest BCUT2D eigenvalue weighted by molar-refractivity contribution is 7.92. The van der Waals surface area contributed by atoms with E-state index in [1.165, 1.54) is 24.1 Å². The van der Waals surface area contributed by atoms with Crippen LogP contribution in [0.1, 0.15) is 18.1 Å². The van der Waals surface area contributed by atoms with Gasteiger partial charge in [-0.2, -0.15) is 0 Å². The monoisotopic (exact) mass is 557 g/mol. The molecule has 8 nitrogen and oxygen atoms in total. The Morgan fingerprint density at radius 3 is 2.13 bits per heavy atom. The van der Waals surface area contributed by atoms with Crippen molar-refractivity contribution < 1.29 is 22.7 Å². The number of halogens is 1. The lowest BCUT2D eigenvalue weighted by Gasteiger charge is -2.33. The summed E-state index contributed by atoms with van der Waals surface area (Å²) < 4.78 is 32.1. The van der Waals surface area contributed by atoms with E-state index in [1.54, 1.807) is 13.0 Å². The Bertz CT molecular complexity index is 1340. The van der Waals surface area contributed by atoms with Gasteiger partial charge in [-0.25, -0.2) is 8.42 Å². The zero-order valence-corrected chi connectivity index (χ0v) is 23.2. The molecule has 3 rings (SSSR count). The fraction of sp³-hybridized carbons (Fsp3) is 0.286. The van der Waals surface area contributed by atoms with Crippen molar-refractivity contribution in [3.63, 3.8) is 0 Å². The number of anilines is 1. The highest BCUT2D eigenvalue weighted by Gasteiger charge is 2.33. The second-order valence-corrected chi connectivity index (χ2v) is 11.0. The van der Waals surface area contributed by atoms with Gasteiger partial charge < -0.3 is 15.0 Å². The maximum absolute atomic E-state index is 14.0. The van der Waals surface area contributed by atoms with E-state index in [2.05, 4.69) is 5.32 Å². The largest absolute Gasteiger partial charge is 0.495 e. The van der Waals surface area contributed by atoms with Gasteiger partial charge in [-0.1, -0.05) is 72.3 Å². The highest BCUT2D eigenvalue weighted by Crippen LogP contribution is 2.33. The zero-order chi connectivity index (χ0) is 27.7. The SMILES string of the molecule is CCNC(=O)[C@@H](Cc1ccccc1)N(Cc1ccccc1)C(=O)CN(c1cc(Cl)ccc1OC)S(C)(=O)=O. The molecule has 0 fully saturated rings. The van der Waals surface area contributed by atoms with E-state index in [1.807, 2.05) is 60.7 Å². The Hall–Kier alpha value is -3.56. The summed E-state index contributed by atoms with van der Waals surface area (Å²) in [6, 6.07) is 22.3. The highest BCUT2D eigenvalue weighted by atomic mass is 35.5. The number of nitrogens with zero attached hydrogens (tertiary/aromatic N) is 2. The van der Waals surface area contributed by atoms with Crippen LogP contribution in [0.4, 0.5) is 5.69 Å². The zero-order valence-electron chi connectivity index (χ0n) is 21.6. The third kappa shape index (κ3) is 7.72. The molecule has 1 N–H and O–H groups in total. The quantitative estimate of drug-likeness (QED) is 0.364. The maximum atomic E-state index is 14.0. The standard InChI is InChI=1S/C28H32ClN3O5S/c1-4-30-28(34)25(17-21-11-7-5-8-12-21)31(19-22-13-9-6-10-14-22)27(33)20-32(38(3,35)36)24-18-23(29)15-16-26(24)37-2/h5-16,18,25H,4,17,19-20H2,1-3H3,(H,30,34)/t25-/m1/s1. The molecule has 202 valence electrons. The summed E-state index contributed by atoms with van der Waals surface area (Å²) in [4.78, 5) is 28.7. The van der Waals surface area contributed by atoms with E-state index >= 15 is 0 Å². The first-order valence-electron chi connectivity index (χ1n) is 12.1. The Labute approximate surface area is 229 Å². The number of benzene rings is 3. The van der Waals surface area contributed by atoms with Crippen molar-refractivity contribution >= 4 is 39.1 Å². The van der Waals surface area contributed by atoms with Crippen LogP contribution in [0.15, 0.2) is 78.9 Å². The number of hydrogen-bond donors (Lipinski definition) is 1. The molecule has 0 radical (unpaired) electrons. The van der Waals surface area contributed by atoms with E-state index in [4.69, 9.17) is 16.3 Å². The third-order valence-electron chi connectivity index (χ3n) is 5.91. The Morgan fingerprint density at radius 1 is 0.974 bits per heavy atom. The van der Waals surface area contributed by atoms with Crippen molar-refractivity contribution in [2.45, 2.75) is 25.9 Å². The first-order valence-corrected chi connectivity index (χ1v) is 14.3. The van der Waals surface area contributed by atoms with Gasteiger partial charge in [0.25, 0.3) is 0 Å². The molecule has 0 saturated carbocycles. The first-order chi connectivity index (χ1) is 18.1. The fourth-order valence-electron chi connectivity index (χ4n) is 4.08. The normalized spacial score (nSPS) is 11.9. The van der Waals surface area contributed by atoms with Gasteiger partial charge in [0.1, 0.15) is 18.3 Å². The van der Waals surface area contributed by atoms with E-state index in [9.17, 15) is 18.0 Å². The van der Waals surface area contributed by atoms with Crippen molar-refractivity contribution in [2.24, 2.45) is 0 Å². The molecule has 10 heteroatoms. The van der Waals surface area contributed by atoms with Crippen LogP contribution < -0.4 is 14.4 Å². The van der Waals surface area contributed by atoms with Crippen molar-refractivity contribution in [1.29, 1.82) is 0 Å². The Morgan fingerprint density at radius 2 is 1.58 bits per heavy atom. The Kier molecular flexibility index (Phi) is 10.2. The van der Waals surface area contributed by atoms with Gasteiger partial charge in [-0.3, -0.25) is 13.9 Å². The summed E-state index contributed by atoms with van der Waals surface area (Å²) in [6.45, 7) is 1.75. The van der Waals surface area contributed by atoms with Gasteiger partial charge in [-0.15, -0.1) is 0 Å². The summed E-state index contributed by atoms with van der Waals surface area (Å²) in [7, 11) is -2.53. The van der Waals surface area contributed by atoms with Gasteiger partial charge in [0, 0.05) is 24.5 Å². The third-order valence-corrected chi connectivity index (χ3v) is 7.27. The summed E-state index contributed by atoms with van der Waals surface area (Å²) >= 11 is 6.17. The van der Waals surface area contributed by atoms with Crippen LogP contribution in [0.3, 0.4) is 0 Å². The number of likely N-dealkylation sites (N-methyl/N-ethyl adjacent to an activating group) is 1.